The van der Waals surface area contributed by atoms with Crippen LogP contribution in [0.5, 0.6) is 0 Å². The molecule has 42 valence electrons. The van der Waals surface area contributed by atoms with E-state index < -0.39 is 0 Å². The molecule has 0 spiro atoms. The summed E-state index contributed by atoms with van der Waals surface area (Å²) in [5, 5.41) is 7.99. The molecule has 0 amide bonds. The average Bonchev–Trinajstić information content (AvgIpc) is 1.69. The van der Waals surface area contributed by atoms with Crippen LogP contribution in [0.15, 0.2) is 12.2 Å². The maximum Gasteiger partial charge on any atom is 0.0388 e. The lowest BCUT2D eigenvalue weighted by molar-refractivity contribution is 0.179. The van der Waals surface area contributed by atoms with E-state index in [1.54, 1.807) is 0 Å². The second kappa shape index (κ2) is 5.66. The molecule has 0 fully saturated rings. The maximum atomic E-state index is 7.99. The largest absolute Gasteiger partial charge is 0.317 e. The molecule has 2 N–H and O–H groups in total. The number of allylic oxidation sites excluding steroid dienone is 1. The molecule has 0 unspecified atom stereocenters. The van der Waals surface area contributed by atoms with Gasteiger partial charge >= 0.3 is 0 Å². The number of rotatable bonds is 3. The van der Waals surface area contributed by atoms with E-state index in [1.165, 1.54) is 0 Å². The van der Waals surface area contributed by atoms with Gasteiger partial charge in [-0.15, -0.1) is 0 Å². The Balaban J connectivity index is 2.78. The fourth-order valence-electron chi connectivity index (χ4n) is 0.303. The van der Waals surface area contributed by atoms with Crippen LogP contribution in [0.4, 0.5) is 0 Å². The van der Waals surface area contributed by atoms with Crippen LogP contribution in [0.25, 0.3) is 0 Å². The highest BCUT2D eigenvalue weighted by Crippen LogP contribution is 1.75. The lowest BCUT2D eigenvalue weighted by Gasteiger charge is -1.83. The van der Waals surface area contributed by atoms with Crippen molar-refractivity contribution in [3.63, 3.8) is 0 Å². The predicted octanol–water partition coefficient (Wildman–Crippen LogP) is 0.931. The van der Waals surface area contributed by atoms with Gasteiger partial charge in [0.25, 0.3) is 0 Å². The second-order valence-electron chi connectivity index (χ2n) is 1.24. The first-order valence-corrected chi connectivity index (χ1v) is 2.43. The van der Waals surface area contributed by atoms with Crippen molar-refractivity contribution in [2.24, 2.45) is 0 Å². The normalized spacial score (nSPS) is 10.6. The fourth-order valence-corrected chi connectivity index (χ4v) is 0.303. The van der Waals surface area contributed by atoms with Gasteiger partial charge in [0.2, 0.25) is 0 Å². The average molecular weight is 101 g/mol. The number of hydroxylamine groups is 1. The monoisotopic (exact) mass is 101 g/mol. The van der Waals surface area contributed by atoms with Crippen molar-refractivity contribution >= 4 is 0 Å². The van der Waals surface area contributed by atoms with Gasteiger partial charge in [-0.2, -0.15) is 0 Å². The van der Waals surface area contributed by atoms with Crippen molar-refractivity contribution in [2.45, 2.75) is 13.3 Å². The molecule has 0 aliphatic carbocycles. The first-order valence-electron chi connectivity index (χ1n) is 2.43. The minimum atomic E-state index is 0.549. The quantitative estimate of drug-likeness (QED) is 0.409. The summed E-state index contributed by atoms with van der Waals surface area (Å²) in [5.41, 5.74) is 2.02. The van der Waals surface area contributed by atoms with Crippen LogP contribution >= 0.6 is 0 Å². The molecule has 0 aromatic heterocycles. The molecule has 7 heavy (non-hydrogen) atoms. The second-order valence-corrected chi connectivity index (χ2v) is 1.24. The highest BCUT2D eigenvalue weighted by molar-refractivity contribution is 4.80. The molecule has 0 saturated heterocycles. The lowest BCUT2D eigenvalue weighted by atomic mass is 10.4. The van der Waals surface area contributed by atoms with Crippen LogP contribution in [-0.2, 0) is 0 Å². The SMILES string of the molecule is CC/C=C/CNO. The Morgan fingerprint density at radius 1 is 1.57 bits per heavy atom. The molecular formula is C5H11NO. The highest BCUT2D eigenvalue weighted by Gasteiger charge is 1.66. The number of hydrogen-bond acceptors (Lipinski definition) is 2. The van der Waals surface area contributed by atoms with Gasteiger partial charge in [-0.3, -0.25) is 0 Å². The van der Waals surface area contributed by atoms with Crippen LogP contribution < -0.4 is 5.48 Å². The molecule has 0 heterocycles. The van der Waals surface area contributed by atoms with Gasteiger partial charge in [-0.1, -0.05) is 19.1 Å². The molecule has 2 heteroatoms. The molecule has 0 aliphatic heterocycles. The number of hydrogen-bond donors (Lipinski definition) is 2. The highest BCUT2D eigenvalue weighted by atomic mass is 16.5. The molecular weight excluding hydrogens is 90.1 g/mol. The first-order chi connectivity index (χ1) is 3.41. The van der Waals surface area contributed by atoms with Crippen molar-refractivity contribution in [1.29, 1.82) is 0 Å². The molecule has 0 aliphatic rings. The third kappa shape index (κ3) is 5.66. The summed E-state index contributed by atoms with van der Waals surface area (Å²) in [6, 6.07) is 0. The minimum Gasteiger partial charge on any atom is -0.317 e. The molecule has 0 saturated carbocycles. The van der Waals surface area contributed by atoms with E-state index in [2.05, 4.69) is 0 Å². The summed E-state index contributed by atoms with van der Waals surface area (Å²) >= 11 is 0. The fraction of sp³-hybridized carbons (Fsp3) is 0.600. The summed E-state index contributed by atoms with van der Waals surface area (Å²) in [5.74, 6) is 0. The summed E-state index contributed by atoms with van der Waals surface area (Å²) in [7, 11) is 0. The van der Waals surface area contributed by atoms with E-state index in [1.807, 2.05) is 24.6 Å². The van der Waals surface area contributed by atoms with Gasteiger partial charge in [0.15, 0.2) is 0 Å². The van der Waals surface area contributed by atoms with Crippen LogP contribution in [-0.4, -0.2) is 11.8 Å². The Labute approximate surface area is 43.8 Å². The summed E-state index contributed by atoms with van der Waals surface area (Å²) in [4.78, 5) is 0. The topological polar surface area (TPSA) is 32.3 Å². The van der Waals surface area contributed by atoms with Gasteiger partial charge < -0.3 is 5.21 Å². The van der Waals surface area contributed by atoms with Gasteiger partial charge in [-0.05, 0) is 6.42 Å². The van der Waals surface area contributed by atoms with Crippen molar-refractivity contribution < 1.29 is 5.21 Å². The molecule has 0 atom stereocenters. The Morgan fingerprint density at radius 2 is 2.29 bits per heavy atom. The van der Waals surface area contributed by atoms with Crippen molar-refractivity contribution in [2.75, 3.05) is 6.54 Å². The van der Waals surface area contributed by atoms with E-state index in [4.69, 9.17) is 5.21 Å². The van der Waals surface area contributed by atoms with E-state index >= 15 is 0 Å². The van der Waals surface area contributed by atoms with Crippen LogP contribution in [0, 0.1) is 0 Å². The standard InChI is InChI=1S/C5H11NO/c1-2-3-4-5-6-7/h3-4,6-7H,2,5H2,1H3/b4-3+. The smallest absolute Gasteiger partial charge is 0.0388 e. The van der Waals surface area contributed by atoms with Crippen molar-refractivity contribution in [3.05, 3.63) is 12.2 Å². The molecule has 0 radical (unpaired) electrons. The maximum absolute atomic E-state index is 7.99. The number of nitrogens with one attached hydrogen (secondary N) is 1. The molecule has 0 aromatic carbocycles. The van der Waals surface area contributed by atoms with Gasteiger partial charge in [0.1, 0.15) is 0 Å². The predicted molar refractivity (Wildman–Crippen MR) is 29.2 cm³/mol. The Kier molecular flexibility index (Phi) is 5.39. The summed E-state index contributed by atoms with van der Waals surface area (Å²) in [6.07, 6.45) is 4.89. The van der Waals surface area contributed by atoms with Crippen LogP contribution in [0.1, 0.15) is 13.3 Å². The Hall–Kier alpha value is -0.340. The van der Waals surface area contributed by atoms with Gasteiger partial charge in [0, 0.05) is 6.54 Å². The van der Waals surface area contributed by atoms with Crippen LogP contribution in [0.3, 0.4) is 0 Å². The third-order valence-electron chi connectivity index (χ3n) is 0.612. The van der Waals surface area contributed by atoms with E-state index in [-0.39, 0.29) is 0 Å². The first kappa shape index (κ1) is 6.66. The third-order valence-corrected chi connectivity index (χ3v) is 0.612. The van der Waals surface area contributed by atoms with Crippen LogP contribution in [0.2, 0.25) is 0 Å². The zero-order valence-electron chi connectivity index (χ0n) is 4.52. The zero-order chi connectivity index (χ0) is 5.54. The summed E-state index contributed by atoms with van der Waals surface area (Å²) in [6.45, 7) is 2.60. The van der Waals surface area contributed by atoms with Crippen molar-refractivity contribution in [1.82, 2.24) is 5.48 Å². The lowest BCUT2D eigenvalue weighted by Crippen LogP contribution is -2.04. The molecule has 0 aromatic rings. The van der Waals surface area contributed by atoms with Gasteiger partial charge in [-0.25, -0.2) is 5.48 Å². The van der Waals surface area contributed by atoms with E-state index in [9.17, 15) is 0 Å². The van der Waals surface area contributed by atoms with E-state index in [0.29, 0.717) is 6.54 Å². The van der Waals surface area contributed by atoms with Gasteiger partial charge in [0.05, 0.1) is 0 Å². The Bertz CT molecular complexity index is 52.0. The molecule has 0 rings (SSSR count). The molecule has 2 nitrogen and oxygen atoms in total. The van der Waals surface area contributed by atoms with Crippen molar-refractivity contribution in [3.8, 4) is 0 Å². The Morgan fingerprint density at radius 3 is 2.71 bits per heavy atom. The summed E-state index contributed by atoms with van der Waals surface area (Å²) < 4.78 is 0. The van der Waals surface area contributed by atoms with E-state index in [0.717, 1.165) is 6.42 Å². The molecule has 0 bridgehead atoms. The zero-order valence-corrected chi connectivity index (χ0v) is 4.52. The minimum absolute atomic E-state index is 0.549.